The molecule has 0 fully saturated rings. The number of hydrogen-bond acceptors (Lipinski definition) is 4. The molecule has 2 aromatic carbocycles. The summed E-state index contributed by atoms with van der Waals surface area (Å²) in [5.74, 6) is 2.66. The van der Waals surface area contributed by atoms with Gasteiger partial charge in [0.05, 0.1) is 29.8 Å². The molecule has 29 heavy (non-hydrogen) atoms. The highest BCUT2D eigenvalue weighted by atomic mass is 79.9. The van der Waals surface area contributed by atoms with Crippen molar-refractivity contribution in [1.29, 1.82) is 0 Å². The second-order valence-electron chi connectivity index (χ2n) is 5.86. The summed E-state index contributed by atoms with van der Waals surface area (Å²) >= 11 is 9.90. The Bertz CT molecular complexity index is 679. The van der Waals surface area contributed by atoms with Gasteiger partial charge in [-0.25, -0.2) is 0 Å². The Balaban J connectivity index is 0.000000455. The van der Waals surface area contributed by atoms with Crippen molar-refractivity contribution in [3.8, 4) is 23.0 Å². The largest absolute Gasteiger partial charge is 0.507 e. The van der Waals surface area contributed by atoms with Crippen LogP contribution >= 0.6 is 47.8 Å². The zero-order chi connectivity index (χ0) is 22.1. The van der Waals surface area contributed by atoms with E-state index in [1.54, 1.807) is 32.4 Å². The first-order valence-electron chi connectivity index (χ1n) is 9.48. The van der Waals surface area contributed by atoms with Gasteiger partial charge in [-0.05, 0) is 81.1 Å². The third-order valence-electron chi connectivity index (χ3n) is 3.54. The molecule has 0 bridgehead atoms. The Labute approximate surface area is 200 Å². The molecular formula is C22H31Br3O4. The van der Waals surface area contributed by atoms with Crippen molar-refractivity contribution < 1.29 is 19.3 Å². The van der Waals surface area contributed by atoms with E-state index in [0.29, 0.717) is 4.47 Å². The molecule has 7 heteroatoms. The molecule has 0 aromatic heterocycles. The van der Waals surface area contributed by atoms with Crippen molar-refractivity contribution >= 4 is 47.8 Å². The van der Waals surface area contributed by atoms with Gasteiger partial charge in [0.15, 0.2) is 0 Å². The normalized spacial score (nSPS) is 9.48. The molecule has 2 rings (SSSR count). The van der Waals surface area contributed by atoms with E-state index in [-0.39, 0.29) is 5.75 Å². The summed E-state index contributed by atoms with van der Waals surface area (Å²) in [6.45, 7) is 5.09. The minimum Gasteiger partial charge on any atom is -0.507 e. The van der Waals surface area contributed by atoms with E-state index in [9.17, 15) is 0 Å². The molecule has 1 N–H and O–H groups in total. The Morgan fingerprint density at radius 3 is 1.79 bits per heavy atom. The maximum absolute atomic E-state index is 9.04. The SMILES string of the molecule is CCCCBr.CCCCOc1ccc(OC)cc1Br.COc1ccc(O)c(Br)c1. The number of halogens is 3. The number of phenols is 1. The number of benzene rings is 2. The van der Waals surface area contributed by atoms with Gasteiger partial charge in [0.2, 0.25) is 0 Å². The summed E-state index contributed by atoms with van der Waals surface area (Å²) in [5.41, 5.74) is 0. The smallest absolute Gasteiger partial charge is 0.133 e. The first-order chi connectivity index (χ1) is 13.9. The maximum atomic E-state index is 9.04. The molecular weight excluding hydrogens is 568 g/mol. The van der Waals surface area contributed by atoms with E-state index in [2.05, 4.69) is 61.6 Å². The number of methoxy groups -OCH3 is 2. The first kappa shape index (κ1) is 28.1. The van der Waals surface area contributed by atoms with Crippen LogP contribution in [0.25, 0.3) is 0 Å². The minimum atomic E-state index is 0.223. The molecule has 2 aromatic rings. The molecule has 0 saturated heterocycles. The molecule has 0 spiro atoms. The van der Waals surface area contributed by atoms with Crippen LogP contribution in [0.5, 0.6) is 23.0 Å². The number of alkyl halides is 1. The topological polar surface area (TPSA) is 47.9 Å². The average Bonchev–Trinajstić information content (AvgIpc) is 2.73. The fourth-order valence-electron chi connectivity index (χ4n) is 1.80. The number of unbranched alkanes of at least 4 members (excludes halogenated alkanes) is 2. The van der Waals surface area contributed by atoms with Gasteiger partial charge in [-0.3, -0.25) is 0 Å². The van der Waals surface area contributed by atoms with Crippen molar-refractivity contribution in [3.63, 3.8) is 0 Å². The van der Waals surface area contributed by atoms with Crippen LogP contribution in [0.4, 0.5) is 0 Å². The first-order valence-corrected chi connectivity index (χ1v) is 12.2. The maximum Gasteiger partial charge on any atom is 0.133 e. The van der Waals surface area contributed by atoms with Gasteiger partial charge in [-0.1, -0.05) is 42.6 Å². The van der Waals surface area contributed by atoms with Crippen molar-refractivity contribution in [3.05, 3.63) is 45.3 Å². The fraction of sp³-hybridized carbons (Fsp3) is 0.455. The number of rotatable bonds is 8. The molecule has 0 aliphatic rings. The Kier molecular flexibility index (Phi) is 17.3. The summed E-state index contributed by atoms with van der Waals surface area (Å²) in [4.78, 5) is 0. The Hall–Kier alpha value is -0.920. The third kappa shape index (κ3) is 13.1. The van der Waals surface area contributed by atoms with Crippen LogP contribution in [0.15, 0.2) is 45.3 Å². The molecule has 4 nitrogen and oxygen atoms in total. The summed E-state index contributed by atoms with van der Waals surface area (Å²) in [6, 6.07) is 10.7. The lowest BCUT2D eigenvalue weighted by Gasteiger charge is -2.08. The van der Waals surface area contributed by atoms with E-state index in [1.807, 2.05) is 18.2 Å². The molecule has 0 atom stereocenters. The molecule has 0 amide bonds. The molecule has 0 heterocycles. The highest BCUT2D eigenvalue weighted by molar-refractivity contribution is 9.11. The molecule has 164 valence electrons. The van der Waals surface area contributed by atoms with Gasteiger partial charge in [0, 0.05) is 5.33 Å². The van der Waals surface area contributed by atoms with Crippen LogP contribution in [-0.2, 0) is 0 Å². The third-order valence-corrected chi connectivity index (χ3v) is 5.35. The summed E-state index contributed by atoms with van der Waals surface area (Å²) in [5, 5.41) is 10.2. The highest BCUT2D eigenvalue weighted by Crippen LogP contribution is 2.29. The minimum absolute atomic E-state index is 0.223. The van der Waals surface area contributed by atoms with Crippen molar-refractivity contribution in [2.45, 2.75) is 39.5 Å². The predicted octanol–water partition coefficient (Wildman–Crippen LogP) is 7.98. The number of aromatic hydroxyl groups is 1. The fourth-order valence-corrected chi connectivity index (χ4v) is 3.19. The zero-order valence-corrected chi connectivity index (χ0v) is 22.3. The molecule has 0 saturated carbocycles. The second-order valence-corrected chi connectivity index (χ2v) is 8.36. The monoisotopic (exact) mass is 596 g/mol. The number of hydrogen-bond donors (Lipinski definition) is 1. The van der Waals surface area contributed by atoms with Gasteiger partial charge in [0.25, 0.3) is 0 Å². The highest BCUT2D eigenvalue weighted by Gasteiger charge is 2.02. The van der Waals surface area contributed by atoms with Gasteiger partial charge < -0.3 is 19.3 Å². The average molecular weight is 599 g/mol. The van der Waals surface area contributed by atoms with Crippen molar-refractivity contribution in [1.82, 2.24) is 0 Å². The number of ether oxygens (including phenoxy) is 3. The molecule has 0 unspecified atom stereocenters. The van der Waals surface area contributed by atoms with Crippen LogP contribution in [0.3, 0.4) is 0 Å². The summed E-state index contributed by atoms with van der Waals surface area (Å²) < 4.78 is 17.2. The number of phenolic OH excluding ortho intramolecular Hbond substituents is 1. The van der Waals surface area contributed by atoms with Crippen LogP contribution in [0, 0.1) is 0 Å². The van der Waals surface area contributed by atoms with Crippen LogP contribution in [0.2, 0.25) is 0 Å². The van der Waals surface area contributed by atoms with Gasteiger partial charge in [0.1, 0.15) is 23.0 Å². The van der Waals surface area contributed by atoms with E-state index in [4.69, 9.17) is 19.3 Å². The Morgan fingerprint density at radius 1 is 0.828 bits per heavy atom. The predicted molar refractivity (Wildman–Crippen MR) is 132 cm³/mol. The zero-order valence-electron chi connectivity index (χ0n) is 17.5. The van der Waals surface area contributed by atoms with E-state index < -0.39 is 0 Å². The Morgan fingerprint density at radius 2 is 1.38 bits per heavy atom. The quantitative estimate of drug-likeness (QED) is 0.247. The van der Waals surface area contributed by atoms with E-state index in [0.717, 1.165) is 46.5 Å². The molecule has 0 aliphatic heterocycles. The summed E-state index contributed by atoms with van der Waals surface area (Å²) in [6.07, 6.45) is 4.83. The van der Waals surface area contributed by atoms with Crippen LogP contribution in [-0.4, -0.2) is 31.3 Å². The van der Waals surface area contributed by atoms with E-state index >= 15 is 0 Å². The lowest BCUT2D eigenvalue weighted by Crippen LogP contribution is -1.97. The van der Waals surface area contributed by atoms with Crippen molar-refractivity contribution in [2.75, 3.05) is 26.2 Å². The van der Waals surface area contributed by atoms with E-state index in [1.165, 1.54) is 12.8 Å². The molecule has 0 aliphatic carbocycles. The lowest BCUT2D eigenvalue weighted by atomic mass is 10.3. The standard InChI is InChI=1S/C11H15BrO2.C7H7BrO2.C4H9Br/c1-3-4-7-14-11-6-5-9(13-2)8-10(11)12;1-10-5-2-3-7(9)6(8)4-5;1-2-3-4-5/h5-6,8H,3-4,7H2,1-2H3;2-4,9H,1H3;2-4H2,1H3. The van der Waals surface area contributed by atoms with Crippen LogP contribution in [0.1, 0.15) is 39.5 Å². The van der Waals surface area contributed by atoms with Gasteiger partial charge >= 0.3 is 0 Å². The second kappa shape index (κ2) is 17.9. The van der Waals surface area contributed by atoms with Gasteiger partial charge in [-0.15, -0.1) is 0 Å². The lowest BCUT2D eigenvalue weighted by molar-refractivity contribution is 0.306. The summed E-state index contributed by atoms with van der Waals surface area (Å²) in [7, 11) is 3.23. The van der Waals surface area contributed by atoms with Crippen molar-refractivity contribution in [2.24, 2.45) is 0 Å². The molecule has 0 radical (unpaired) electrons. The van der Waals surface area contributed by atoms with Gasteiger partial charge in [-0.2, -0.15) is 0 Å². The van der Waals surface area contributed by atoms with Crippen LogP contribution < -0.4 is 14.2 Å².